The number of nitrogens with zero attached hydrogens (tertiary/aromatic N) is 1. The maximum absolute atomic E-state index is 14.4. The van der Waals surface area contributed by atoms with Gasteiger partial charge in [0.25, 0.3) is 0 Å². The number of hydrogen-bond acceptors (Lipinski definition) is 3. The maximum Gasteiger partial charge on any atom is 0.417 e. The summed E-state index contributed by atoms with van der Waals surface area (Å²) in [6, 6.07) is 26.0. The molecule has 43 heavy (non-hydrogen) atoms. The van der Waals surface area contributed by atoms with Gasteiger partial charge in [0.1, 0.15) is 11.6 Å². The van der Waals surface area contributed by atoms with Crippen LogP contribution in [0.3, 0.4) is 0 Å². The Hall–Kier alpha value is -3.88. The fraction of sp³-hybridized carbons (Fsp3) is 0.265. The molecule has 4 aromatic rings. The molecule has 0 saturated heterocycles. The highest BCUT2D eigenvalue weighted by Crippen LogP contribution is 2.37. The third kappa shape index (κ3) is 8.15. The van der Waals surface area contributed by atoms with E-state index >= 15 is 0 Å². The Balaban J connectivity index is 1.61. The lowest BCUT2D eigenvalue weighted by Crippen LogP contribution is -2.37. The summed E-state index contributed by atoms with van der Waals surface area (Å²) in [6.45, 7) is 4.25. The quantitative estimate of drug-likeness (QED) is 0.162. The number of aromatic carboxylic acids is 1. The first-order valence-corrected chi connectivity index (χ1v) is 14.2. The molecule has 0 aromatic heterocycles. The minimum absolute atomic E-state index is 0.0874. The van der Waals surface area contributed by atoms with Crippen molar-refractivity contribution in [2.24, 2.45) is 0 Å². The molecule has 0 saturated carbocycles. The smallest absolute Gasteiger partial charge is 0.417 e. The monoisotopic (exact) mass is 613 g/mol. The first kappa shape index (κ1) is 32.0. The number of carbonyl (C=O) groups is 1. The Labute approximate surface area is 253 Å². The van der Waals surface area contributed by atoms with Crippen LogP contribution in [0.5, 0.6) is 5.75 Å². The minimum atomic E-state index is -4.59. The molecule has 9 heteroatoms. The van der Waals surface area contributed by atoms with Crippen LogP contribution in [0.4, 0.5) is 17.6 Å². The third-order valence-corrected chi connectivity index (χ3v) is 7.93. The van der Waals surface area contributed by atoms with Crippen molar-refractivity contribution in [3.8, 4) is 5.75 Å². The molecule has 0 radical (unpaired) electrons. The summed E-state index contributed by atoms with van der Waals surface area (Å²) in [5, 5.41) is 8.90. The average molecular weight is 614 g/mol. The number of aryl methyl sites for hydroxylation is 1. The van der Waals surface area contributed by atoms with Gasteiger partial charge in [0.05, 0.1) is 22.8 Å². The number of benzene rings is 4. The van der Waals surface area contributed by atoms with Gasteiger partial charge in [-0.25, -0.2) is 9.18 Å². The lowest BCUT2D eigenvalue weighted by atomic mass is 9.90. The van der Waals surface area contributed by atoms with Gasteiger partial charge >= 0.3 is 12.1 Å². The van der Waals surface area contributed by atoms with Gasteiger partial charge in [0, 0.05) is 31.1 Å². The average Bonchev–Trinajstić information content (AvgIpc) is 2.95. The van der Waals surface area contributed by atoms with Gasteiger partial charge in [0.15, 0.2) is 0 Å². The van der Waals surface area contributed by atoms with E-state index in [0.29, 0.717) is 18.5 Å². The summed E-state index contributed by atoms with van der Waals surface area (Å²) in [7, 11) is 0. The molecule has 4 aromatic carbocycles. The van der Waals surface area contributed by atoms with E-state index in [2.05, 4.69) is 4.90 Å². The second kappa shape index (κ2) is 14.1. The topological polar surface area (TPSA) is 49.8 Å². The Morgan fingerprint density at radius 2 is 1.56 bits per heavy atom. The van der Waals surface area contributed by atoms with Crippen molar-refractivity contribution in [1.82, 2.24) is 4.90 Å². The maximum atomic E-state index is 14.4. The summed E-state index contributed by atoms with van der Waals surface area (Å²) in [6.07, 6.45) is -4.13. The van der Waals surface area contributed by atoms with Crippen LogP contribution >= 0.6 is 11.6 Å². The molecule has 4 rings (SSSR count). The van der Waals surface area contributed by atoms with Crippen LogP contribution in [0, 0.1) is 12.7 Å². The van der Waals surface area contributed by atoms with E-state index in [-0.39, 0.29) is 41.4 Å². The zero-order valence-corrected chi connectivity index (χ0v) is 24.5. The first-order chi connectivity index (χ1) is 20.5. The lowest BCUT2D eigenvalue weighted by Gasteiger charge is -2.34. The van der Waals surface area contributed by atoms with Crippen LogP contribution < -0.4 is 4.74 Å². The van der Waals surface area contributed by atoms with Gasteiger partial charge in [-0.15, -0.1) is 0 Å². The molecule has 0 aliphatic heterocycles. The molecule has 0 heterocycles. The predicted molar refractivity (Wildman–Crippen MR) is 159 cm³/mol. The number of carboxylic acid groups (broad SMARTS) is 1. The van der Waals surface area contributed by atoms with Crippen molar-refractivity contribution in [3.63, 3.8) is 0 Å². The van der Waals surface area contributed by atoms with Crippen LogP contribution in [0.2, 0.25) is 5.02 Å². The molecule has 4 nitrogen and oxygen atoms in total. The van der Waals surface area contributed by atoms with Gasteiger partial charge in [-0.05, 0) is 54.7 Å². The number of alkyl halides is 3. The molecule has 0 spiro atoms. The standard InChI is InChI=1S/C34H32ClF4NO3/c1-22-18-27(19-30(36)31(22)33(41)42)43-17-16-23(2)40(20-26-14-9-15-29(32(26)35)34(37,38)39)21-28(24-10-5-3-6-11-24)25-12-7-4-8-13-25/h3-15,18-19,23,28H,16-17,20-21H2,1-2H3,(H,41,42)/t23-/m1/s1. The van der Waals surface area contributed by atoms with Crippen LogP contribution in [-0.2, 0) is 12.7 Å². The molecule has 0 aliphatic carbocycles. The second-order valence-corrected chi connectivity index (χ2v) is 10.8. The van der Waals surface area contributed by atoms with Gasteiger partial charge in [-0.1, -0.05) is 84.4 Å². The minimum Gasteiger partial charge on any atom is -0.493 e. The molecular weight excluding hydrogens is 582 g/mol. The summed E-state index contributed by atoms with van der Waals surface area (Å²) in [4.78, 5) is 13.4. The SMILES string of the molecule is Cc1cc(OCC[C@@H](C)N(Cc2cccc(C(F)(F)F)c2Cl)CC(c2ccccc2)c2ccccc2)cc(F)c1C(=O)O. The summed E-state index contributed by atoms with van der Waals surface area (Å²) < 4.78 is 61.1. The van der Waals surface area contributed by atoms with Crippen LogP contribution in [0.1, 0.15) is 57.4 Å². The van der Waals surface area contributed by atoms with Crippen molar-refractivity contribution in [1.29, 1.82) is 0 Å². The van der Waals surface area contributed by atoms with E-state index in [1.807, 2.05) is 67.6 Å². The molecule has 0 unspecified atom stereocenters. The normalized spacial score (nSPS) is 12.5. The second-order valence-electron chi connectivity index (χ2n) is 10.5. The van der Waals surface area contributed by atoms with Gasteiger partial charge < -0.3 is 9.84 Å². The summed E-state index contributed by atoms with van der Waals surface area (Å²) in [5.41, 5.74) is 1.42. The molecule has 0 amide bonds. The van der Waals surface area contributed by atoms with E-state index < -0.39 is 29.1 Å². The highest BCUT2D eigenvalue weighted by atomic mass is 35.5. The van der Waals surface area contributed by atoms with Crippen molar-refractivity contribution in [2.75, 3.05) is 13.2 Å². The van der Waals surface area contributed by atoms with E-state index in [4.69, 9.17) is 16.3 Å². The fourth-order valence-corrected chi connectivity index (χ4v) is 5.44. The van der Waals surface area contributed by atoms with Crippen molar-refractivity contribution < 1.29 is 32.2 Å². The number of carboxylic acids is 1. The third-order valence-electron chi connectivity index (χ3n) is 7.48. The number of rotatable bonds is 12. The predicted octanol–water partition coefficient (Wildman–Crippen LogP) is 9.00. The highest BCUT2D eigenvalue weighted by Gasteiger charge is 2.34. The Morgan fingerprint density at radius 1 is 0.953 bits per heavy atom. The van der Waals surface area contributed by atoms with Crippen LogP contribution in [0.25, 0.3) is 0 Å². The molecule has 0 aliphatic rings. The van der Waals surface area contributed by atoms with Crippen molar-refractivity contribution in [2.45, 2.75) is 44.9 Å². The Bertz CT molecular complexity index is 1470. The van der Waals surface area contributed by atoms with E-state index in [1.165, 1.54) is 19.1 Å². The summed E-state index contributed by atoms with van der Waals surface area (Å²) in [5.74, 6) is -2.13. The molecular formula is C34H32ClF4NO3. The largest absolute Gasteiger partial charge is 0.493 e. The molecule has 226 valence electrons. The first-order valence-electron chi connectivity index (χ1n) is 13.8. The summed E-state index contributed by atoms with van der Waals surface area (Å²) >= 11 is 6.31. The molecule has 1 N–H and O–H groups in total. The van der Waals surface area contributed by atoms with Crippen LogP contribution in [0.15, 0.2) is 91.0 Å². The zero-order chi connectivity index (χ0) is 31.1. The van der Waals surface area contributed by atoms with Crippen LogP contribution in [-0.4, -0.2) is 35.2 Å². The molecule has 1 atom stereocenters. The van der Waals surface area contributed by atoms with Crippen molar-refractivity contribution >= 4 is 17.6 Å². The number of halogens is 5. The Kier molecular flexibility index (Phi) is 10.5. The van der Waals surface area contributed by atoms with E-state index in [0.717, 1.165) is 23.3 Å². The fourth-order valence-electron chi connectivity index (χ4n) is 5.15. The van der Waals surface area contributed by atoms with Gasteiger partial charge in [-0.3, -0.25) is 4.90 Å². The van der Waals surface area contributed by atoms with Gasteiger partial charge in [0.2, 0.25) is 0 Å². The lowest BCUT2D eigenvalue weighted by molar-refractivity contribution is -0.137. The molecule has 0 bridgehead atoms. The number of ether oxygens (including phenoxy) is 1. The number of hydrogen-bond donors (Lipinski definition) is 1. The van der Waals surface area contributed by atoms with Gasteiger partial charge in [-0.2, -0.15) is 13.2 Å². The van der Waals surface area contributed by atoms with E-state index in [9.17, 15) is 27.5 Å². The Morgan fingerprint density at radius 3 is 2.09 bits per heavy atom. The van der Waals surface area contributed by atoms with Crippen molar-refractivity contribution in [3.05, 3.63) is 135 Å². The molecule has 0 fully saturated rings. The zero-order valence-electron chi connectivity index (χ0n) is 23.7. The highest BCUT2D eigenvalue weighted by molar-refractivity contribution is 6.32. The van der Waals surface area contributed by atoms with E-state index in [1.54, 1.807) is 6.07 Å².